The summed E-state index contributed by atoms with van der Waals surface area (Å²) in [5.74, 6) is 0.379. The molecule has 170 valence electrons. The number of sulfonamides is 1. The van der Waals surface area contributed by atoms with Gasteiger partial charge in [0, 0.05) is 26.2 Å². The lowest BCUT2D eigenvalue weighted by molar-refractivity contribution is -0.134. The average Bonchev–Trinajstić information content (AvgIpc) is 2.77. The van der Waals surface area contributed by atoms with Gasteiger partial charge in [-0.2, -0.15) is 9.57 Å². The van der Waals surface area contributed by atoms with Crippen molar-refractivity contribution >= 4 is 15.9 Å². The Labute approximate surface area is 190 Å². The Bertz CT molecular complexity index is 1120. The second-order valence-electron chi connectivity index (χ2n) is 8.14. The van der Waals surface area contributed by atoms with Crippen molar-refractivity contribution in [2.45, 2.75) is 39.0 Å². The number of amides is 1. The number of rotatable bonds is 6. The number of nitrogens with zero attached hydrogens (tertiary/aromatic N) is 3. The highest BCUT2D eigenvalue weighted by atomic mass is 32.2. The first-order chi connectivity index (χ1) is 15.1. The molecular formula is C24H29N3O4S. The van der Waals surface area contributed by atoms with Crippen molar-refractivity contribution in [1.29, 1.82) is 5.26 Å². The van der Waals surface area contributed by atoms with Gasteiger partial charge in [0.25, 0.3) is 5.91 Å². The molecule has 2 aromatic carbocycles. The fourth-order valence-electron chi connectivity index (χ4n) is 3.91. The summed E-state index contributed by atoms with van der Waals surface area (Å²) in [5, 5.41) is 8.72. The van der Waals surface area contributed by atoms with E-state index in [-0.39, 0.29) is 25.6 Å². The van der Waals surface area contributed by atoms with Gasteiger partial charge in [-0.15, -0.1) is 0 Å². The van der Waals surface area contributed by atoms with Crippen molar-refractivity contribution in [3.63, 3.8) is 0 Å². The summed E-state index contributed by atoms with van der Waals surface area (Å²) in [5.41, 5.74) is 4.36. The van der Waals surface area contributed by atoms with Gasteiger partial charge in [0.1, 0.15) is 5.75 Å². The molecule has 3 rings (SSSR count). The Morgan fingerprint density at radius 3 is 2.09 bits per heavy atom. The van der Waals surface area contributed by atoms with E-state index in [4.69, 9.17) is 10.00 Å². The Balaban J connectivity index is 1.61. The Hall–Kier alpha value is -2.89. The molecule has 7 nitrogen and oxygen atoms in total. The van der Waals surface area contributed by atoms with E-state index in [1.54, 1.807) is 29.2 Å². The molecule has 32 heavy (non-hydrogen) atoms. The predicted molar refractivity (Wildman–Crippen MR) is 122 cm³/mol. The lowest BCUT2D eigenvalue weighted by atomic mass is 10.0. The summed E-state index contributed by atoms with van der Waals surface area (Å²) < 4.78 is 33.8. The molecule has 2 aromatic rings. The number of aryl methyl sites for hydroxylation is 2. The lowest BCUT2D eigenvalue weighted by Gasteiger charge is -2.34. The normalized spacial score (nSPS) is 14.8. The molecule has 0 radical (unpaired) electrons. The molecule has 1 aliphatic heterocycles. The van der Waals surface area contributed by atoms with Gasteiger partial charge in [0.15, 0.2) is 6.61 Å². The summed E-state index contributed by atoms with van der Waals surface area (Å²) in [6.07, 6.45) is 0.327. The van der Waals surface area contributed by atoms with Crippen LogP contribution < -0.4 is 4.74 Å². The molecule has 1 amide bonds. The van der Waals surface area contributed by atoms with Crippen LogP contribution in [0.5, 0.6) is 5.75 Å². The first-order valence-electron chi connectivity index (χ1n) is 10.6. The lowest BCUT2D eigenvalue weighted by Crippen LogP contribution is -2.51. The third-order valence-electron chi connectivity index (χ3n) is 6.06. The Morgan fingerprint density at radius 1 is 1.00 bits per heavy atom. The number of carbonyl (C=O) groups is 1. The van der Waals surface area contributed by atoms with Crippen LogP contribution in [0.3, 0.4) is 0 Å². The SMILES string of the molecule is Cc1cc(C)c(C)c(S(=O)(=O)N2CCN(C(=O)COc3ccc(CC#N)cc3)CC2)c1C. The molecule has 0 spiro atoms. The van der Waals surface area contributed by atoms with Crippen molar-refractivity contribution in [3.05, 3.63) is 58.1 Å². The van der Waals surface area contributed by atoms with E-state index in [1.807, 2.05) is 33.8 Å². The Kier molecular flexibility index (Phi) is 7.22. The Morgan fingerprint density at radius 2 is 1.56 bits per heavy atom. The van der Waals surface area contributed by atoms with E-state index in [0.29, 0.717) is 30.2 Å². The van der Waals surface area contributed by atoms with Crippen LogP contribution in [0.25, 0.3) is 0 Å². The molecule has 0 N–H and O–H groups in total. The first kappa shape index (κ1) is 23.8. The van der Waals surface area contributed by atoms with E-state index >= 15 is 0 Å². The standard InChI is InChI=1S/C24H29N3O4S/c1-17-15-18(2)20(4)24(19(17)3)32(29,30)27-13-11-26(12-14-27)23(28)16-31-22-7-5-21(6-8-22)9-10-25/h5-8,15H,9,11-14,16H2,1-4H3. The topological polar surface area (TPSA) is 90.7 Å². The molecule has 0 unspecified atom stereocenters. The molecule has 0 aliphatic carbocycles. The zero-order valence-electron chi connectivity index (χ0n) is 19.0. The number of hydrogen-bond acceptors (Lipinski definition) is 5. The number of benzene rings is 2. The maximum atomic E-state index is 13.4. The highest BCUT2D eigenvalue weighted by Gasteiger charge is 2.33. The van der Waals surface area contributed by atoms with Crippen LogP contribution in [0.1, 0.15) is 27.8 Å². The fourth-order valence-corrected chi connectivity index (χ4v) is 5.90. The predicted octanol–water partition coefficient (Wildman–Crippen LogP) is 2.90. The van der Waals surface area contributed by atoms with Gasteiger partial charge >= 0.3 is 0 Å². The third-order valence-corrected chi connectivity index (χ3v) is 8.23. The van der Waals surface area contributed by atoms with Crippen LogP contribution in [-0.4, -0.2) is 56.3 Å². The van der Waals surface area contributed by atoms with Crippen LogP contribution >= 0.6 is 0 Å². The van der Waals surface area contributed by atoms with Gasteiger partial charge in [-0.1, -0.05) is 18.2 Å². The van der Waals surface area contributed by atoms with E-state index in [9.17, 15) is 13.2 Å². The zero-order valence-corrected chi connectivity index (χ0v) is 19.8. The van der Waals surface area contributed by atoms with Gasteiger partial charge in [-0.25, -0.2) is 8.42 Å². The molecule has 1 aliphatic rings. The minimum absolute atomic E-state index is 0.111. The number of hydrogen-bond donors (Lipinski definition) is 0. The van der Waals surface area contributed by atoms with Gasteiger partial charge in [-0.05, 0) is 67.6 Å². The fraction of sp³-hybridized carbons (Fsp3) is 0.417. The number of carbonyl (C=O) groups excluding carboxylic acids is 1. The van der Waals surface area contributed by atoms with Crippen molar-refractivity contribution in [2.24, 2.45) is 0 Å². The summed E-state index contributed by atoms with van der Waals surface area (Å²) in [4.78, 5) is 14.6. The zero-order chi connectivity index (χ0) is 23.5. The third kappa shape index (κ3) is 4.95. The van der Waals surface area contributed by atoms with Gasteiger partial charge in [0.2, 0.25) is 10.0 Å². The highest BCUT2D eigenvalue weighted by molar-refractivity contribution is 7.89. The van der Waals surface area contributed by atoms with E-state index in [2.05, 4.69) is 6.07 Å². The van der Waals surface area contributed by atoms with Crippen LogP contribution in [0.2, 0.25) is 0 Å². The van der Waals surface area contributed by atoms with Crippen molar-refractivity contribution in [1.82, 2.24) is 9.21 Å². The molecule has 1 fully saturated rings. The molecule has 1 saturated heterocycles. The number of piperazine rings is 1. The quantitative estimate of drug-likeness (QED) is 0.668. The summed E-state index contributed by atoms with van der Waals surface area (Å²) in [6, 6.07) is 11.2. The number of ether oxygens (including phenoxy) is 1. The summed E-state index contributed by atoms with van der Waals surface area (Å²) >= 11 is 0. The summed E-state index contributed by atoms with van der Waals surface area (Å²) in [6.45, 7) is 8.59. The molecule has 1 heterocycles. The van der Waals surface area contributed by atoms with E-state index < -0.39 is 10.0 Å². The van der Waals surface area contributed by atoms with Gasteiger partial charge in [-0.3, -0.25) is 4.79 Å². The first-order valence-corrected chi connectivity index (χ1v) is 12.0. The second kappa shape index (κ2) is 9.72. The maximum Gasteiger partial charge on any atom is 0.260 e. The largest absolute Gasteiger partial charge is 0.484 e. The molecule has 0 aromatic heterocycles. The van der Waals surface area contributed by atoms with E-state index in [1.165, 1.54) is 4.31 Å². The molecule has 0 atom stereocenters. The van der Waals surface area contributed by atoms with Crippen LogP contribution in [0.4, 0.5) is 0 Å². The van der Waals surface area contributed by atoms with Gasteiger partial charge in [0.05, 0.1) is 17.4 Å². The maximum absolute atomic E-state index is 13.4. The highest BCUT2D eigenvalue weighted by Crippen LogP contribution is 2.29. The van der Waals surface area contributed by atoms with Crippen LogP contribution in [0, 0.1) is 39.0 Å². The molecular weight excluding hydrogens is 426 g/mol. The van der Waals surface area contributed by atoms with Crippen molar-refractivity contribution < 1.29 is 17.9 Å². The average molecular weight is 456 g/mol. The molecule has 8 heteroatoms. The van der Waals surface area contributed by atoms with Crippen molar-refractivity contribution in [2.75, 3.05) is 32.8 Å². The number of nitriles is 1. The monoisotopic (exact) mass is 455 g/mol. The summed E-state index contributed by atoms with van der Waals surface area (Å²) in [7, 11) is -3.64. The molecule has 0 bridgehead atoms. The van der Waals surface area contributed by atoms with Crippen LogP contribution in [0.15, 0.2) is 35.2 Å². The van der Waals surface area contributed by atoms with Gasteiger partial charge < -0.3 is 9.64 Å². The minimum atomic E-state index is -3.64. The minimum Gasteiger partial charge on any atom is -0.484 e. The van der Waals surface area contributed by atoms with Crippen molar-refractivity contribution in [3.8, 4) is 11.8 Å². The smallest absolute Gasteiger partial charge is 0.260 e. The van der Waals surface area contributed by atoms with E-state index in [0.717, 1.165) is 27.8 Å². The second-order valence-corrected chi connectivity index (χ2v) is 10.0. The van der Waals surface area contributed by atoms with Crippen LogP contribution in [-0.2, 0) is 21.2 Å². The molecule has 0 saturated carbocycles.